The van der Waals surface area contributed by atoms with Crippen LogP contribution in [0, 0.1) is 0 Å². The second kappa shape index (κ2) is 8.39. The van der Waals surface area contributed by atoms with E-state index in [2.05, 4.69) is 20.6 Å². The van der Waals surface area contributed by atoms with Crippen LogP contribution in [0.1, 0.15) is 17.3 Å². The highest BCUT2D eigenvalue weighted by Gasteiger charge is 2.11. The van der Waals surface area contributed by atoms with Crippen LogP contribution in [0.5, 0.6) is 5.75 Å². The molecule has 2 N–H and O–H groups in total. The maximum absolute atomic E-state index is 12.7. The van der Waals surface area contributed by atoms with Gasteiger partial charge in [0, 0.05) is 17.8 Å². The summed E-state index contributed by atoms with van der Waals surface area (Å²) in [4.78, 5) is 21.4. The topological polar surface area (TPSA) is 76.1 Å². The molecule has 0 bridgehead atoms. The predicted octanol–water partition coefficient (Wildman–Crippen LogP) is 5.02. The maximum atomic E-state index is 12.7. The molecule has 29 heavy (non-hydrogen) atoms. The van der Waals surface area contributed by atoms with E-state index >= 15 is 0 Å². The van der Waals surface area contributed by atoms with E-state index in [0.717, 1.165) is 16.6 Å². The van der Waals surface area contributed by atoms with E-state index in [4.69, 9.17) is 4.74 Å². The Bertz CT molecular complexity index is 1150. The van der Waals surface area contributed by atoms with Crippen LogP contribution in [0.2, 0.25) is 0 Å². The maximum Gasteiger partial charge on any atom is 0.257 e. The minimum Gasteiger partial charge on any atom is -0.492 e. The van der Waals surface area contributed by atoms with Crippen molar-refractivity contribution in [2.45, 2.75) is 6.92 Å². The van der Waals surface area contributed by atoms with Gasteiger partial charge in [-0.25, -0.2) is 0 Å². The monoisotopic (exact) mass is 384 g/mol. The van der Waals surface area contributed by atoms with Crippen molar-refractivity contribution in [3.63, 3.8) is 0 Å². The number of nitrogens with zero attached hydrogens (tertiary/aromatic N) is 2. The van der Waals surface area contributed by atoms with E-state index in [1.165, 1.54) is 6.20 Å². The van der Waals surface area contributed by atoms with Gasteiger partial charge in [-0.15, -0.1) is 0 Å². The number of rotatable bonds is 6. The first-order valence-corrected chi connectivity index (χ1v) is 9.33. The standard InChI is InChI=1S/C23H20N4O2/c1-2-29-21-11-4-3-9-19(21)27-23(28)17-13-18(15-24-14-17)26-20-10-5-7-16-8-6-12-25-22(16)20/h3-15,26H,2H2,1H3,(H,27,28). The molecule has 2 aromatic heterocycles. The first-order valence-electron chi connectivity index (χ1n) is 9.33. The molecule has 2 aromatic carbocycles. The minimum absolute atomic E-state index is 0.260. The van der Waals surface area contributed by atoms with Crippen LogP contribution < -0.4 is 15.4 Å². The Balaban J connectivity index is 1.56. The molecule has 0 aliphatic heterocycles. The number of pyridine rings is 2. The van der Waals surface area contributed by atoms with Gasteiger partial charge < -0.3 is 15.4 Å². The lowest BCUT2D eigenvalue weighted by Crippen LogP contribution is -2.13. The number of amides is 1. The van der Waals surface area contributed by atoms with Crippen molar-refractivity contribution in [2.75, 3.05) is 17.2 Å². The second-order valence-electron chi connectivity index (χ2n) is 6.35. The van der Waals surface area contributed by atoms with Gasteiger partial charge in [0.15, 0.2) is 0 Å². The minimum atomic E-state index is -0.260. The van der Waals surface area contributed by atoms with Crippen molar-refractivity contribution in [1.29, 1.82) is 0 Å². The van der Waals surface area contributed by atoms with Crippen LogP contribution >= 0.6 is 0 Å². The van der Waals surface area contributed by atoms with Gasteiger partial charge in [-0.05, 0) is 37.3 Å². The third-order valence-corrected chi connectivity index (χ3v) is 4.35. The third kappa shape index (κ3) is 4.16. The Labute approximate surface area is 168 Å². The molecule has 0 saturated carbocycles. The number of fused-ring (bicyclic) bond motifs is 1. The molecule has 0 aliphatic carbocycles. The molecule has 0 unspecified atom stereocenters. The smallest absolute Gasteiger partial charge is 0.257 e. The molecule has 0 aliphatic rings. The molecule has 0 spiro atoms. The summed E-state index contributed by atoms with van der Waals surface area (Å²) in [5.74, 6) is 0.372. The molecular formula is C23H20N4O2. The van der Waals surface area contributed by atoms with Crippen LogP contribution in [-0.4, -0.2) is 22.5 Å². The fourth-order valence-corrected chi connectivity index (χ4v) is 3.04. The van der Waals surface area contributed by atoms with Gasteiger partial charge >= 0.3 is 0 Å². The fourth-order valence-electron chi connectivity index (χ4n) is 3.04. The molecule has 1 amide bonds. The number of hydrogen-bond donors (Lipinski definition) is 2. The number of hydrogen-bond acceptors (Lipinski definition) is 5. The van der Waals surface area contributed by atoms with Crippen LogP contribution in [-0.2, 0) is 0 Å². The lowest BCUT2D eigenvalue weighted by Gasteiger charge is -2.12. The summed E-state index contributed by atoms with van der Waals surface area (Å²) >= 11 is 0. The molecule has 6 heteroatoms. The van der Waals surface area contributed by atoms with Crippen molar-refractivity contribution in [3.05, 3.63) is 84.8 Å². The van der Waals surface area contributed by atoms with Crippen molar-refractivity contribution in [2.24, 2.45) is 0 Å². The van der Waals surface area contributed by atoms with E-state index in [9.17, 15) is 4.79 Å². The van der Waals surface area contributed by atoms with Gasteiger partial charge in [-0.2, -0.15) is 0 Å². The van der Waals surface area contributed by atoms with Crippen LogP contribution in [0.3, 0.4) is 0 Å². The Morgan fingerprint density at radius 3 is 2.72 bits per heavy atom. The van der Waals surface area contributed by atoms with Crippen molar-refractivity contribution in [1.82, 2.24) is 9.97 Å². The van der Waals surface area contributed by atoms with Crippen molar-refractivity contribution in [3.8, 4) is 5.75 Å². The Kier molecular flexibility index (Phi) is 5.33. The number of anilines is 3. The van der Waals surface area contributed by atoms with Crippen LogP contribution in [0.25, 0.3) is 10.9 Å². The summed E-state index contributed by atoms with van der Waals surface area (Å²) in [7, 11) is 0. The molecule has 4 aromatic rings. The third-order valence-electron chi connectivity index (χ3n) is 4.35. The number of carbonyl (C=O) groups is 1. The van der Waals surface area contributed by atoms with Gasteiger partial charge in [-0.1, -0.05) is 30.3 Å². The summed E-state index contributed by atoms with van der Waals surface area (Å²) in [6.07, 6.45) is 4.96. The normalized spacial score (nSPS) is 10.5. The zero-order chi connectivity index (χ0) is 20.1. The molecule has 2 heterocycles. The average molecular weight is 384 g/mol. The zero-order valence-corrected chi connectivity index (χ0v) is 15.9. The zero-order valence-electron chi connectivity index (χ0n) is 15.9. The summed E-state index contributed by atoms with van der Waals surface area (Å²) in [5, 5.41) is 7.23. The summed E-state index contributed by atoms with van der Waals surface area (Å²) in [6.45, 7) is 2.42. The van der Waals surface area contributed by atoms with Crippen LogP contribution in [0.4, 0.5) is 17.1 Å². The summed E-state index contributed by atoms with van der Waals surface area (Å²) < 4.78 is 5.57. The quantitative estimate of drug-likeness (QED) is 0.488. The van der Waals surface area contributed by atoms with Crippen LogP contribution in [0.15, 0.2) is 79.3 Å². The number of aromatic nitrogens is 2. The SMILES string of the molecule is CCOc1ccccc1NC(=O)c1cncc(Nc2cccc3cccnc23)c1. The highest BCUT2D eigenvalue weighted by molar-refractivity contribution is 6.05. The molecular weight excluding hydrogens is 364 g/mol. The Morgan fingerprint density at radius 2 is 1.83 bits per heavy atom. The number of benzene rings is 2. The summed E-state index contributed by atoms with van der Waals surface area (Å²) in [5.41, 5.74) is 3.47. The second-order valence-corrected chi connectivity index (χ2v) is 6.35. The average Bonchev–Trinajstić information content (AvgIpc) is 2.76. The fraction of sp³-hybridized carbons (Fsp3) is 0.0870. The molecule has 0 atom stereocenters. The number of carbonyl (C=O) groups excluding carboxylic acids is 1. The number of nitrogens with one attached hydrogen (secondary N) is 2. The highest BCUT2D eigenvalue weighted by atomic mass is 16.5. The number of ether oxygens (including phenoxy) is 1. The molecule has 6 nitrogen and oxygen atoms in total. The lowest BCUT2D eigenvalue weighted by atomic mass is 10.2. The van der Waals surface area contributed by atoms with E-state index in [-0.39, 0.29) is 5.91 Å². The predicted molar refractivity (Wildman–Crippen MR) is 115 cm³/mol. The Morgan fingerprint density at radius 1 is 1.00 bits per heavy atom. The highest BCUT2D eigenvalue weighted by Crippen LogP contribution is 2.26. The van der Waals surface area contributed by atoms with E-state index in [1.807, 2.05) is 55.5 Å². The molecule has 0 saturated heterocycles. The molecule has 4 rings (SSSR count). The largest absolute Gasteiger partial charge is 0.492 e. The van der Waals surface area contributed by atoms with Gasteiger partial charge in [0.1, 0.15) is 5.75 Å². The van der Waals surface area contributed by atoms with Crippen molar-refractivity contribution < 1.29 is 9.53 Å². The van der Waals surface area contributed by atoms with Crippen molar-refractivity contribution >= 4 is 33.9 Å². The molecule has 144 valence electrons. The number of para-hydroxylation sites is 3. The first kappa shape index (κ1) is 18.4. The molecule has 0 radical (unpaired) electrons. The van der Waals surface area contributed by atoms with Gasteiger partial charge in [0.05, 0.1) is 40.9 Å². The first-order chi connectivity index (χ1) is 14.2. The van der Waals surface area contributed by atoms with Gasteiger partial charge in [0.2, 0.25) is 0 Å². The van der Waals surface area contributed by atoms with E-state index in [0.29, 0.717) is 29.3 Å². The van der Waals surface area contributed by atoms with E-state index < -0.39 is 0 Å². The molecule has 0 fully saturated rings. The van der Waals surface area contributed by atoms with Gasteiger partial charge in [-0.3, -0.25) is 14.8 Å². The summed E-state index contributed by atoms with van der Waals surface area (Å²) in [6, 6.07) is 18.9. The lowest BCUT2D eigenvalue weighted by molar-refractivity contribution is 0.102. The van der Waals surface area contributed by atoms with Gasteiger partial charge in [0.25, 0.3) is 5.91 Å². The Hall–Kier alpha value is -3.93. The van der Waals surface area contributed by atoms with E-state index in [1.54, 1.807) is 24.5 Å².